The zero-order chi connectivity index (χ0) is 22.3. The van der Waals surface area contributed by atoms with E-state index in [0.717, 1.165) is 43.6 Å². The van der Waals surface area contributed by atoms with Gasteiger partial charge in [-0.1, -0.05) is 18.2 Å². The summed E-state index contributed by atoms with van der Waals surface area (Å²) in [5.74, 6) is 0.0356. The van der Waals surface area contributed by atoms with Crippen LogP contribution in [0.2, 0.25) is 0 Å². The zero-order valence-electron chi connectivity index (χ0n) is 18.7. The molecular weight excluding hydrogens is 402 g/mol. The normalized spacial score (nSPS) is 17.9. The fourth-order valence-corrected chi connectivity index (χ4v) is 4.43. The fraction of sp³-hybridized carbons (Fsp3) is 0.423. The second-order valence-corrected chi connectivity index (χ2v) is 8.58. The number of amides is 1. The first-order chi connectivity index (χ1) is 15.6. The number of carbonyl (C=O) groups excluding carboxylic acids is 2. The molecular formula is C26H31N3O3. The maximum atomic E-state index is 12.7. The number of benzene rings is 2. The second-order valence-electron chi connectivity index (χ2n) is 8.58. The van der Waals surface area contributed by atoms with Crippen LogP contribution in [0.15, 0.2) is 47.6 Å². The molecule has 1 atom stereocenters. The Kier molecular flexibility index (Phi) is 7.20. The summed E-state index contributed by atoms with van der Waals surface area (Å²) in [5.41, 5.74) is 4.88. The van der Waals surface area contributed by atoms with Gasteiger partial charge in [-0.05, 0) is 85.9 Å². The molecule has 2 aromatic carbocycles. The van der Waals surface area contributed by atoms with E-state index in [1.54, 1.807) is 0 Å². The standard InChI is InChI=1S/C26H31N3O3/c1-2-32-25(30)16-20-7-8-21-11-12-24(17-23(21)15-20)28-26(31)22-9-5-19(6-10-22)18-27-29-13-3-4-14-29/h5-6,9-12,17-18,20H,2-4,7-8,13-16H2,1H3,(H,28,31). The maximum Gasteiger partial charge on any atom is 0.306 e. The number of rotatable bonds is 7. The summed E-state index contributed by atoms with van der Waals surface area (Å²) in [6, 6.07) is 13.6. The summed E-state index contributed by atoms with van der Waals surface area (Å²) in [4.78, 5) is 24.6. The molecule has 1 N–H and O–H groups in total. The van der Waals surface area contributed by atoms with Crippen LogP contribution in [0.1, 0.15) is 59.7 Å². The smallest absolute Gasteiger partial charge is 0.306 e. The minimum Gasteiger partial charge on any atom is -0.466 e. The van der Waals surface area contributed by atoms with E-state index in [2.05, 4.69) is 21.5 Å². The zero-order valence-corrected chi connectivity index (χ0v) is 18.7. The molecule has 0 saturated carbocycles. The Morgan fingerprint density at radius 3 is 2.66 bits per heavy atom. The molecule has 0 spiro atoms. The number of anilines is 1. The molecule has 1 fully saturated rings. The van der Waals surface area contributed by atoms with Crippen molar-refractivity contribution in [1.82, 2.24) is 5.01 Å². The van der Waals surface area contributed by atoms with Crippen molar-refractivity contribution < 1.29 is 14.3 Å². The molecule has 0 bridgehead atoms. The second kappa shape index (κ2) is 10.4. The van der Waals surface area contributed by atoms with Crippen LogP contribution in [0.5, 0.6) is 0 Å². The number of fused-ring (bicyclic) bond motifs is 1. The Bertz CT molecular complexity index is 978. The van der Waals surface area contributed by atoms with Crippen LogP contribution in [-0.2, 0) is 22.4 Å². The van der Waals surface area contributed by atoms with Gasteiger partial charge in [-0.25, -0.2) is 0 Å². The van der Waals surface area contributed by atoms with Crippen molar-refractivity contribution in [2.45, 2.75) is 45.4 Å². The number of hydrazone groups is 1. The minimum absolute atomic E-state index is 0.126. The first-order valence-corrected chi connectivity index (χ1v) is 11.6. The SMILES string of the molecule is CCOC(=O)CC1CCc2ccc(NC(=O)c3ccc(C=NN4CCCC4)cc3)cc2C1. The lowest BCUT2D eigenvalue weighted by atomic mass is 9.82. The number of ether oxygens (including phenoxy) is 1. The predicted molar refractivity (Wildman–Crippen MR) is 126 cm³/mol. The van der Waals surface area contributed by atoms with E-state index in [0.29, 0.717) is 24.5 Å². The Balaban J connectivity index is 1.36. The molecule has 6 heteroatoms. The van der Waals surface area contributed by atoms with E-state index in [4.69, 9.17) is 4.74 Å². The molecule has 2 aliphatic rings. The van der Waals surface area contributed by atoms with Gasteiger partial charge in [0.05, 0.1) is 12.8 Å². The molecule has 1 aliphatic heterocycles. The van der Waals surface area contributed by atoms with Gasteiger partial charge in [-0.2, -0.15) is 5.10 Å². The van der Waals surface area contributed by atoms with Gasteiger partial charge in [0.15, 0.2) is 0 Å². The highest BCUT2D eigenvalue weighted by Gasteiger charge is 2.22. The van der Waals surface area contributed by atoms with Crippen molar-refractivity contribution in [3.63, 3.8) is 0 Å². The monoisotopic (exact) mass is 433 g/mol. The summed E-state index contributed by atoms with van der Waals surface area (Å²) < 4.78 is 5.10. The van der Waals surface area contributed by atoms with Crippen LogP contribution in [0.25, 0.3) is 0 Å². The first-order valence-electron chi connectivity index (χ1n) is 11.6. The van der Waals surface area contributed by atoms with E-state index in [-0.39, 0.29) is 11.9 Å². The van der Waals surface area contributed by atoms with Gasteiger partial charge in [-0.15, -0.1) is 0 Å². The van der Waals surface area contributed by atoms with Crippen LogP contribution in [0.3, 0.4) is 0 Å². The number of esters is 1. The third kappa shape index (κ3) is 5.75. The van der Waals surface area contributed by atoms with Gasteiger partial charge in [0.25, 0.3) is 5.91 Å². The Labute approximate surface area is 189 Å². The molecule has 4 rings (SSSR count). The highest BCUT2D eigenvalue weighted by molar-refractivity contribution is 6.04. The Morgan fingerprint density at radius 2 is 1.91 bits per heavy atom. The van der Waals surface area contributed by atoms with E-state index >= 15 is 0 Å². The van der Waals surface area contributed by atoms with Crippen molar-refractivity contribution in [3.05, 3.63) is 64.7 Å². The Morgan fingerprint density at radius 1 is 1.12 bits per heavy atom. The van der Waals surface area contributed by atoms with E-state index in [1.807, 2.05) is 49.5 Å². The number of hydrogen-bond donors (Lipinski definition) is 1. The highest BCUT2D eigenvalue weighted by atomic mass is 16.5. The number of aryl methyl sites for hydroxylation is 1. The molecule has 1 heterocycles. The maximum absolute atomic E-state index is 12.7. The lowest BCUT2D eigenvalue weighted by Crippen LogP contribution is -2.19. The summed E-state index contributed by atoms with van der Waals surface area (Å²) in [6.45, 7) is 4.28. The average molecular weight is 434 g/mol. The van der Waals surface area contributed by atoms with Crippen LogP contribution in [0.4, 0.5) is 5.69 Å². The summed E-state index contributed by atoms with van der Waals surface area (Å²) in [6.07, 6.45) is 7.48. The van der Waals surface area contributed by atoms with Gasteiger partial charge < -0.3 is 10.1 Å². The lowest BCUT2D eigenvalue weighted by molar-refractivity contribution is -0.144. The van der Waals surface area contributed by atoms with Crippen molar-refractivity contribution in [3.8, 4) is 0 Å². The summed E-state index contributed by atoms with van der Waals surface area (Å²) in [7, 11) is 0. The average Bonchev–Trinajstić information content (AvgIpc) is 3.32. The highest BCUT2D eigenvalue weighted by Crippen LogP contribution is 2.30. The van der Waals surface area contributed by atoms with Gasteiger partial charge in [0.1, 0.15) is 0 Å². The molecule has 1 unspecified atom stereocenters. The van der Waals surface area contributed by atoms with E-state index in [1.165, 1.54) is 24.0 Å². The first kappa shape index (κ1) is 22.1. The predicted octanol–water partition coefficient (Wildman–Crippen LogP) is 4.43. The minimum atomic E-state index is -0.133. The number of nitrogens with zero attached hydrogens (tertiary/aromatic N) is 2. The molecule has 1 aliphatic carbocycles. The largest absolute Gasteiger partial charge is 0.466 e. The lowest BCUT2D eigenvalue weighted by Gasteiger charge is -2.24. The number of hydrogen-bond acceptors (Lipinski definition) is 5. The van der Waals surface area contributed by atoms with Crippen molar-refractivity contribution >= 4 is 23.8 Å². The molecule has 1 saturated heterocycles. The fourth-order valence-electron chi connectivity index (χ4n) is 4.43. The van der Waals surface area contributed by atoms with Crippen molar-refractivity contribution in [2.75, 3.05) is 25.0 Å². The molecule has 32 heavy (non-hydrogen) atoms. The molecule has 168 valence electrons. The molecule has 6 nitrogen and oxygen atoms in total. The molecule has 0 radical (unpaired) electrons. The van der Waals surface area contributed by atoms with Crippen molar-refractivity contribution in [2.24, 2.45) is 11.0 Å². The summed E-state index contributed by atoms with van der Waals surface area (Å²) >= 11 is 0. The molecule has 0 aromatic heterocycles. The summed E-state index contributed by atoms with van der Waals surface area (Å²) in [5, 5.41) is 9.58. The number of nitrogens with one attached hydrogen (secondary N) is 1. The van der Waals surface area contributed by atoms with E-state index < -0.39 is 0 Å². The van der Waals surface area contributed by atoms with Crippen LogP contribution in [-0.4, -0.2) is 42.8 Å². The van der Waals surface area contributed by atoms with Crippen LogP contribution in [0, 0.1) is 5.92 Å². The van der Waals surface area contributed by atoms with Gasteiger partial charge >= 0.3 is 5.97 Å². The van der Waals surface area contributed by atoms with E-state index in [9.17, 15) is 9.59 Å². The van der Waals surface area contributed by atoms with Crippen LogP contribution < -0.4 is 5.32 Å². The number of carbonyl (C=O) groups is 2. The topological polar surface area (TPSA) is 71.0 Å². The van der Waals surface area contributed by atoms with Gasteiger partial charge in [0, 0.05) is 30.8 Å². The van der Waals surface area contributed by atoms with Gasteiger partial charge in [-0.3, -0.25) is 14.6 Å². The van der Waals surface area contributed by atoms with Gasteiger partial charge in [0.2, 0.25) is 0 Å². The third-order valence-corrected chi connectivity index (χ3v) is 6.18. The van der Waals surface area contributed by atoms with Crippen molar-refractivity contribution in [1.29, 1.82) is 0 Å². The van der Waals surface area contributed by atoms with Crippen LogP contribution >= 0.6 is 0 Å². The third-order valence-electron chi connectivity index (χ3n) is 6.18. The molecule has 1 amide bonds. The Hall–Kier alpha value is -3.15. The molecule has 2 aromatic rings. The quantitative estimate of drug-likeness (QED) is 0.518.